The van der Waals surface area contributed by atoms with Crippen molar-refractivity contribution >= 4 is 63.0 Å². The Balaban J connectivity index is 0.000000157. The number of carbonyl (C=O) groups excluding carboxylic acids is 7. The molecule has 7 aliphatic carbocycles. The number of benzene rings is 2. The SMILES string of the molecule is COc1cccc2[nH]c(C(=O)N3CC(C45CC(C4)C5)C[C@H]3C(=O)N[C@@H](C[C@@H]3CCNC3=O)C(N)=O)cc12.COc1cccc2[nH]c(C(=O)N3CC(C45CC(C4)C5)C[C@H]3C(=O)N[C@H](C#N)C[C@@H]3CCCC3=O)cc12. The molecule has 5 heterocycles. The number of methoxy groups -OCH3 is 2. The molecule has 7 N–H and O–H groups in total. The first-order valence-electron chi connectivity index (χ1n) is 26.2. The molecule has 10 aliphatic rings. The monoisotopic (exact) mass is 995 g/mol. The maximum atomic E-state index is 13.8. The highest BCUT2D eigenvalue weighted by atomic mass is 16.5. The van der Waals surface area contributed by atoms with E-state index < -0.39 is 36.0 Å². The molecule has 7 saturated carbocycles. The number of amides is 6. The lowest BCUT2D eigenvalue weighted by Gasteiger charge is -2.65. The molecule has 4 bridgehead atoms. The summed E-state index contributed by atoms with van der Waals surface area (Å²) in [6, 6.07) is 13.9. The van der Waals surface area contributed by atoms with E-state index in [4.69, 9.17) is 15.2 Å². The standard InChI is InChI=1S/C28H32N4O4.C27H33N5O5/c1-36-25-7-3-5-21-20(25)10-22(31-21)27(35)32-15-18(28-11-16(12-28)13-28)9-23(32)26(34)30-19(14-29)8-17-4-2-6-24(17)33;1-37-22-4-2-3-18-17(22)9-20(30-18)26(36)32-13-16(27-10-14(11-27)12-27)8-21(32)25(35)31-19(23(28)33)7-15-5-6-29-24(15)34/h3,5,7,10,16-19,23,31H,2,4,6,8-9,11-13,15H2,1H3,(H,30,34);2-4,9,14-16,19,21,30H,5-8,10-13H2,1H3,(H2,28,33)(H,29,34)(H,31,35)/t16?,17-,18?,19-,23-,28?;14?,15-,16?,19-,21-,27?/m00/s1. The number of Topliss-reactive ketones (excluding diaryl/α,β-unsaturated/α-hetero) is 1. The number of H-pyrrole nitrogens is 2. The summed E-state index contributed by atoms with van der Waals surface area (Å²) in [6.45, 7) is 1.60. The molecule has 2 unspecified atom stereocenters. The molecule has 73 heavy (non-hydrogen) atoms. The van der Waals surface area contributed by atoms with E-state index in [-0.39, 0.29) is 70.3 Å². The van der Waals surface area contributed by atoms with Crippen molar-refractivity contribution in [3.8, 4) is 17.6 Å². The number of primary amides is 1. The van der Waals surface area contributed by atoms with Gasteiger partial charge in [0.05, 0.1) is 20.3 Å². The van der Waals surface area contributed by atoms with Crippen molar-refractivity contribution in [2.45, 2.75) is 114 Å². The van der Waals surface area contributed by atoms with E-state index in [0.29, 0.717) is 74.6 Å². The summed E-state index contributed by atoms with van der Waals surface area (Å²) < 4.78 is 10.9. The maximum absolute atomic E-state index is 13.8. The van der Waals surface area contributed by atoms with Crippen LogP contribution in [0.5, 0.6) is 11.5 Å². The number of aromatic nitrogens is 2. The lowest BCUT2D eigenvalue weighted by molar-refractivity contribution is -0.148. The number of fused-ring (bicyclic) bond motifs is 2. The number of nitrogens with zero attached hydrogens (tertiary/aromatic N) is 3. The zero-order valence-corrected chi connectivity index (χ0v) is 41.5. The number of nitrogens with one attached hydrogen (secondary N) is 5. The van der Waals surface area contributed by atoms with Gasteiger partial charge in [-0.2, -0.15) is 5.26 Å². The summed E-state index contributed by atoms with van der Waals surface area (Å²) in [4.78, 5) is 101. The average Bonchev–Trinajstić information content (AvgIpc) is 4.20. The number of nitrogens with two attached hydrogens (primary N) is 1. The highest BCUT2D eigenvalue weighted by Crippen LogP contribution is 2.70. The van der Waals surface area contributed by atoms with Gasteiger partial charge < -0.3 is 50.9 Å². The fourth-order valence-corrected chi connectivity index (χ4v) is 14.2. The highest BCUT2D eigenvalue weighted by molar-refractivity contribution is 6.03. The summed E-state index contributed by atoms with van der Waals surface area (Å²) in [5, 5.41) is 19.8. The molecule has 14 rings (SSSR count). The van der Waals surface area contributed by atoms with Crippen molar-refractivity contribution in [2.24, 2.45) is 52.1 Å². The Morgan fingerprint density at radius 2 is 1.27 bits per heavy atom. The fourth-order valence-electron chi connectivity index (χ4n) is 14.2. The summed E-state index contributed by atoms with van der Waals surface area (Å²) >= 11 is 0. The average molecular weight is 996 g/mol. The molecule has 2 aromatic carbocycles. The highest BCUT2D eigenvalue weighted by Gasteiger charge is 2.64. The van der Waals surface area contributed by atoms with Gasteiger partial charge in [0.1, 0.15) is 52.8 Å². The molecule has 384 valence electrons. The van der Waals surface area contributed by atoms with Gasteiger partial charge in [0, 0.05) is 59.7 Å². The Labute approximate surface area is 423 Å². The first kappa shape index (κ1) is 48.4. The Morgan fingerprint density at radius 1 is 0.753 bits per heavy atom. The van der Waals surface area contributed by atoms with Crippen molar-refractivity contribution in [3.05, 3.63) is 59.9 Å². The van der Waals surface area contributed by atoms with Gasteiger partial charge in [0.25, 0.3) is 11.8 Å². The van der Waals surface area contributed by atoms with Crippen LogP contribution in [0.3, 0.4) is 0 Å². The maximum Gasteiger partial charge on any atom is 0.270 e. The van der Waals surface area contributed by atoms with Crippen molar-refractivity contribution in [3.63, 3.8) is 0 Å². The number of aromatic amines is 2. The number of carbonyl (C=O) groups is 7. The van der Waals surface area contributed by atoms with E-state index in [1.165, 1.54) is 38.5 Å². The zero-order chi connectivity index (χ0) is 50.9. The van der Waals surface area contributed by atoms with E-state index in [1.807, 2.05) is 36.4 Å². The minimum atomic E-state index is -0.968. The van der Waals surface area contributed by atoms with E-state index in [2.05, 4.69) is 32.0 Å². The third-order valence-electron chi connectivity index (χ3n) is 18.5. The molecule has 6 amide bonds. The summed E-state index contributed by atoms with van der Waals surface area (Å²) in [5.41, 5.74) is 8.52. The second-order valence-corrected chi connectivity index (χ2v) is 22.7. The quantitative estimate of drug-likeness (QED) is 0.0941. The van der Waals surface area contributed by atoms with Crippen LogP contribution in [0.4, 0.5) is 0 Å². The molecule has 8 atom stereocenters. The molecule has 18 heteroatoms. The van der Waals surface area contributed by atoms with Crippen LogP contribution in [-0.4, -0.2) is 119 Å². The van der Waals surface area contributed by atoms with Gasteiger partial charge in [-0.1, -0.05) is 12.1 Å². The van der Waals surface area contributed by atoms with Gasteiger partial charge in [-0.05, 0) is 154 Å². The first-order chi connectivity index (χ1) is 35.2. The van der Waals surface area contributed by atoms with Gasteiger partial charge in [0.15, 0.2) is 0 Å². The third-order valence-corrected chi connectivity index (χ3v) is 18.5. The number of ketones is 1. The molecule has 4 aromatic rings. The molecule has 10 fully saturated rings. The Kier molecular flexibility index (Phi) is 12.5. The van der Waals surface area contributed by atoms with Crippen molar-refractivity contribution in [1.82, 2.24) is 35.7 Å². The van der Waals surface area contributed by atoms with Gasteiger partial charge >= 0.3 is 0 Å². The number of ether oxygens (including phenoxy) is 2. The first-order valence-corrected chi connectivity index (χ1v) is 26.2. The van der Waals surface area contributed by atoms with Crippen LogP contribution in [0, 0.1) is 57.7 Å². The predicted octanol–water partition coefficient (Wildman–Crippen LogP) is 4.88. The van der Waals surface area contributed by atoms with Crippen LogP contribution in [0.15, 0.2) is 48.5 Å². The molecule has 0 spiro atoms. The molecule has 3 saturated heterocycles. The van der Waals surface area contributed by atoms with Crippen LogP contribution in [0.25, 0.3) is 21.8 Å². The Hall–Kier alpha value is -6.90. The Morgan fingerprint density at radius 3 is 1.68 bits per heavy atom. The second kappa shape index (κ2) is 18.9. The topological polar surface area (TPSA) is 262 Å². The van der Waals surface area contributed by atoms with Gasteiger partial charge in [-0.25, -0.2) is 0 Å². The minimum Gasteiger partial charge on any atom is -0.496 e. The van der Waals surface area contributed by atoms with Crippen molar-refractivity contribution in [1.29, 1.82) is 5.26 Å². The van der Waals surface area contributed by atoms with Gasteiger partial charge in [0.2, 0.25) is 23.6 Å². The summed E-state index contributed by atoms with van der Waals surface area (Å²) in [7, 11) is 3.19. The van der Waals surface area contributed by atoms with E-state index in [9.17, 15) is 38.8 Å². The predicted molar refractivity (Wildman–Crippen MR) is 266 cm³/mol. The van der Waals surface area contributed by atoms with Crippen molar-refractivity contribution < 1.29 is 43.0 Å². The lowest BCUT2D eigenvalue weighted by atomic mass is 9.40. The minimum absolute atomic E-state index is 0.129. The largest absolute Gasteiger partial charge is 0.496 e. The van der Waals surface area contributed by atoms with Gasteiger partial charge in [-0.15, -0.1) is 0 Å². The lowest BCUT2D eigenvalue weighted by Crippen LogP contribution is -2.56. The summed E-state index contributed by atoms with van der Waals surface area (Å²) in [6.07, 6.45) is 11.5. The van der Waals surface area contributed by atoms with E-state index >= 15 is 0 Å². The molecule has 18 nitrogen and oxygen atoms in total. The number of rotatable bonds is 15. The zero-order valence-electron chi connectivity index (χ0n) is 41.5. The molecular weight excluding hydrogens is 931 g/mol. The van der Waals surface area contributed by atoms with Crippen LogP contribution < -0.4 is 31.2 Å². The molecule has 3 aliphatic heterocycles. The normalized spacial score (nSPS) is 31.1. The number of nitriles is 1. The van der Waals surface area contributed by atoms with E-state index in [1.54, 1.807) is 36.2 Å². The number of likely N-dealkylation sites (tertiary alicyclic amines) is 2. The number of hydrogen-bond donors (Lipinski definition) is 6. The molecule has 0 radical (unpaired) electrons. The summed E-state index contributed by atoms with van der Waals surface area (Å²) in [5.74, 6) is 1.19. The Bertz CT molecular complexity index is 2920. The van der Waals surface area contributed by atoms with Crippen LogP contribution in [-0.2, 0) is 24.0 Å². The van der Waals surface area contributed by atoms with Crippen LogP contribution in [0.2, 0.25) is 0 Å². The van der Waals surface area contributed by atoms with Crippen LogP contribution >= 0.6 is 0 Å². The smallest absolute Gasteiger partial charge is 0.270 e. The third kappa shape index (κ3) is 8.65. The molecule has 2 aromatic heterocycles. The van der Waals surface area contributed by atoms with Crippen molar-refractivity contribution in [2.75, 3.05) is 33.9 Å². The van der Waals surface area contributed by atoms with Gasteiger partial charge in [-0.3, -0.25) is 33.6 Å². The van der Waals surface area contributed by atoms with Crippen LogP contribution in [0.1, 0.15) is 111 Å². The second-order valence-electron chi connectivity index (χ2n) is 22.7. The molecular formula is C55H65N9O9. The van der Waals surface area contributed by atoms with E-state index in [0.717, 1.165) is 46.5 Å². The fraction of sp³-hybridized carbons (Fsp3) is 0.564. The number of hydrogen-bond acceptors (Lipinski definition) is 10.